The van der Waals surface area contributed by atoms with Crippen molar-refractivity contribution in [1.82, 2.24) is 15.1 Å². The van der Waals surface area contributed by atoms with E-state index in [2.05, 4.69) is 24.3 Å². The van der Waals surface area contributed by atoms with Gasteiger partial charge >= 0.3 is 0 Å². The SMILES string of the molecule is Cc1ccc(-c2nn(C[NH+](C)CC(=O)NC(C)C)c(=S)o2)cc1C. The Labute approximate surface area is 147 Å². The monoisotopic (exact) mass is 349 g/mol. The third-order valence-electron chi connectivity index (χ3n) is 3.69. The molecule has 0 spiro atoms. The Bertz CT molecular complexity index is 779. The van der Waals surface area contributed by atoms with E-state index in [-0.39, 0.29) is 11.9 Å². The van der Waals surface area contributed by atoms with E-state index in [9.17, 15) is 4.79 Å². The fourth-order valence-corrected chi connectivity index (χ4v) is 2.54. The molecule has 1 amide bonds. The van der Waals surface area contributed by atoms with Crippen molar-refractivity contribution in [3.8, 4) is 11.5 Å². The molecule has 0 aliphatic heterocycles. The minimum atomic E-state index is 0.00639. The van der Waals surface area contributed by atoms with Gasteiger partial charge in [-0.25, -0.2) is 0 Å². The van der Waals surface area contributed by atoms with Crippen molar-refractivity contribution in [3.63, 3.8) is 0 Å². The fourth-order valence-electron chi connectivity index (χ4n) is 2.36. The molecule has 7 heteroatoms. The number of hydrogen-bond acceptors (Lipinski definition) is 4. The Morgan fingerprint density at radius 2 is 2.08 bits per heavy atom. The van der Waals surface area contributed by atoms with Crippen LogP contribution in [0.3, 0.4) is 0 Å². The smallest absolute Gasteiger partial charge is 0.292 e. The zero-order valence-corrected chi connectivity index (χ0v) is 15.7. The first-order valence-electron chi connectivity index (χ1n) is 8.02. The number of nitrogens with zero attached hydrogens (tertiary/aromatic N) is 2. The van der Waals surface area contributed by atoms with Crippen LogP contribution in [0.4, 0.5) is 0 Å². The summed E-state index contributed by atoms with van der Waals surface area (Å²) in [6.45, 7) is 8.82. The zero-order chi connectivity index (χ0) is 17.9. The van der Waals surface area contributed by atoms with E-state index in [1.165, 1.54) is 11.1 Å². The number of aromatic nitrogens is 2. The van der Waals surface area contributed by atoms with Crippen LogP contribution in [0, 0.1) is 18.7 Å². The highest BCUT2D eigenvalue weighted by Crippen LogP contribution is 2.20. The molecule has 1 atom stereocenters. The first-order chi connectivity index (χ1) is 11.3. The maximum atomic E-state index is 11.8. The first-order valence-corrected chi connectivity index (χ1v) is 8.43. The molecule has 0 aliphatic rings. The molecule has 0 saturated carbocycles. The number of nitrogens with one attached hydrogen (secondary N) is 2. The maximum absolute atomic E-state index is 11.8. The van der Waals surface area contributed by atoms with Crippen LogP contribution < -0.4 is 10.2 Å². The Hall–Kier alpha value is -1.99. The quantitative estimate of drug-likeness (QED) is 0.776. The second kappa shape index (κ2) is 7.72. The molecule has 1 aromatic carbocycles. The number of benzene rings is 1. The number of carbonyl (C=O) groups is 1. The van der Waals surface area contributed by atoms with E-state index in [4.69, 9.17) is 16.6 Å². The van der Waals surface area contributed by atoms with Crippen LogP contribution in [0.1, 0.15) is 25.0 Å². The highest BCUT2D eigenvalue weighted by atomic mass is 32.1. The number of aryl methyl sites for hydroxylation is 2. The van der Waals surface area contributed by atoms with E-state index < -0.39 is 0 Å². The van der Waals surface area contributed by atoms with E-state index in [0.717, 1.165) is 10.5 Å². The second-order valence-corrected chi connectivity index (χ2v) is 6.84. The van der Waals surface area contributed by atoms with Crippen LogP contribution in [0.2, 0.25) is 0 Å². The van der Waals surface area contributed by atoms with Gasteiger partial charge in [-0.1, -0.05) is 6.07 Å². The Morgan fingerprint density at radius 1 is 1.38 bits per heavy atom. The third kappa shape index (κ3) is 4.75. The van der Waals surface area contributed by atoms with Gasteiger partial charge in [-0.2, -0.15) is 4.68 Å². The number of hydrogen-bond donors (Lipinski definition) is 2. The second-order valence-electron chi connectivity index (χ2n) is 6.49. The molecule has 0 bridgehead atoms. The molecule has 6 nitrogen and oxygen atoms in total. The van der Waals surface area contributed by atoms with Crippen molar-refractivity contribution in [2.45, 2.75) is 40.4 Å². The zero-order valence-electron chi connectivity index (χ0n) is 14.8. The van der Waals surface area contributed by atoms with E-state index in [0.29, 0.717) is 23.9 Å². The van der Waals surface area contributed by atoms with Gasteiger partial charge in [-0.05, 0) is 63.2 Å². The molecule has 2 N–H and O–H groups in total. The molecule has 2 rings (SSSR count). The van der Waals surface area contributed by atoms with Crippen LogP contribution in [-0.4, -0.2) is 35.3 Å². The van der Waals surface area contributed by atoms with Crippen LogP contribution in [0.5, 0.6) is 0 Å². The topological polar surface area (TPSA) is 64.5 Å². The summed E-state index contributed by atoms with van der Waals surface area (Å²) in [5.41, 5.74) is 3.30. The van der Waals surface area contributed by atoms with Gasteiger partial charge < -0.3 is 14.6 Å². The molecule has 1 aromatic heterocycles. The molecule has 0 saturated heterocycles. The van der Waals surface area contributed by atoms with Crippen LogP contribution in [0.15, 0.2) is 22.6 Å². The Balaban J connectivity index is 2.10. The lowest BCUT2D eigenvalue weighted by molar-refractivity contribution is -0.895. The first kappa shape index (κ1) is 18.4. The minimum absolute atomic E-state index is 0.00639. The average molecular weight is 349 g/mol. The number of carbonyl (C=O) groups excluding carboxylic acids is 1. The van der Waals surface area contributed by atoms with Crippen molar-refractivity contribution in [3.05, 3.63) is 34.2 Å². The van der Waals surface area contributed by atoms with Crippen LogP contribution in [-0.2, 0) is 11.5 Å². The molecular formula is C17H25N4O2S+. The van der Waals surface area contributed by atoms with E-state index in [1.54, 1.807) is 4.68 Å². The summed E-state index contributed by atoms with van der Waals surface area (Å²) in [4.78, 5) is 13.1. The van der Waals surface area contributed by atoms with Gasteiger partial charge in [0.1, 0.15) is 0 Å². The standard InChI is InChI=1S/C17H24N4O2S/c1-11(2)18-15(22)9-20(5)10-21-17(24)23-16(19-21)14-7-6-12(3)13(4)8-14/h6-8,11H,9-10H2,1-5H3,(H,18,22)/p+1. The fraction of sp³-hybridized carbons (Fsp3) is 0.471. The molecule has 0 fully saturated rings. The summed E-state index contributed by atoms with van der Waals surface area (Å²) in [5.74, 6) is 0.509. The molecule has 2 aromatic rings. The molecule has 24 heavy (non-hydrogen) atoms. The highest BCUT2D eigenvalue weighted by molar-refractivity contribution is 7.71. The molecule has 0 aliphatic carbocycles. The average Bonchev–Trinajstić information content (AvgIpc) is 2.82. The van der Waals surface area contributed by atoms with Crippen LogP contribution >= 0.6 is 12.2 Å². The van der Waals surface area contributed by atoms with Crippen molar-refractivity contribution < 1.29 is 14.1 Å². The molecular weight excluding hydrogens is 324 g/mol. The normalized spacial score (nSPS) is 12.4. The predicted molar refractivity (Wildman–Crippen MR) is 95.3 cm³/mol. The lowest BCUT2D eigenvalue weighted by atomic mass is 10.1. The summed E-state index contributed by atoms with van der Waals surface area (Å²) in [7, 11) is 1.92. The van der Waals surface area contributed by atoms with Gasteiger partial charge in [0.05, 0.1) is 7.05 Å². The number of likely N-dealkylation sites (N-methyl/N-ethyl adjacent to an activating group) is 1. The number of rotatable bonds is 6. The predicted octanol–water partition coefficient (Wildman–Crippen LogP) is 1.49. The molecule has 130 valence electrons. The van der Waals surface area contributed by atoms with Crippen molar-refractivity contribution >= 4 is 18.1 Å². The van der Waals surface area contributed by atoms with Gasteiger partial charge in [-0.3, -0.25) is 4.79 Å². The summed E-state index contributed by atoms with van der Waals surface area (Å²) in [6, 6.07) is 6.18. The Kier molecular flexibility index (Phi) is 5.90. The molecule has 0 radical (unpaired) electrons. The van der Waals surface area contributed by atoms with Crippen molar-refractivity contribution in [2.75, 3.05) is 13.6 Å². The summed E-state index contributed by atoms with van der Waals surface area (Å²) >= 11 is 5.25. The lowest BCUT2D eigenvalue weighted by Gasteiger charge is -2.14. The number of quaternary nitrogens is 1. The van der Waals surface area contributed by atoms with E-state index >= 15 is 0 Å². The van der Waals surface area contributed by atoms with Crippen LogP contribution in [0.25, 0.3) is 11.5 Å². The van der Waals surface area contributed by atoms with Gasteiger partial charge in [0, 0.05) is 11.6 Å². The minimum Gasteiger partial charge on any atom is -0.409 e. The Morgan fingerprint density at radius 3 is 2.71 bits per heavy atom. The van der Waals surface area contributed by atoms with Gasteiger partial charge in [0.25, 0.3) is 10.7 Å². The summed E-state index contributed by atoms with van der Waals surface area (Å²) in [5, 5.41) is 7.33. The van der Waals surface area contributed by atoms with Gasteiger partial charge in [0.15, 0.2) is 13.2 Å². The maximum Gasteiger partial charge on any atom is 0.292 e. The van der Waals surface area contributed by atoms with E-state index in [1.807, 2.05) is 39.1 Å². The van der Waals surface area contributed by atoms with Crippen molar-refractivity contribution in [2.24, 2.45) is 0 Å². The van der Waals surface area contributed by atoms with Gasteiger partial charge in [-0.15, -0.1) is 5.10 Å². The largest absolute Gasteiger partial charge is 0.409 e. The summed E-state index contributed by atoms with van der Waals surface area (Å²) < 4.78 is 7.24. The lowest BCUT2D eigenvalue weighted by Crippen LogP contribution is -3.09. The highest BCUT2D eigenvalue weighted by Gasteiger charge is 2.15. The summed E-state index contributed by atoms with van der Waals surface area (Å²) in [6.07, 6.45) is 0. The third-order valence-corrected chi connectivity index (χ3v) is 3.99. The molecule has 1 unspecified atom stereocenters. The molecule has 1 heterocycles. The van der Waals surface area contributed by atoms with Crippen molar-refractivity contribution in [1.29, 1.82) is 0 Å². The number of amides is 1. The van der Waals surface area contributed by atoms with Gasteiger partial charge in [0.2, 0.25) is 5.89 Å².